The zero-order valence-corrected chi connectivity index (χ0v) is 12.6. The van der Waals surface area contributed by atoms with Crippen LogP contribution in [0, 0.1) is 11.3 Å². The van der Waals surface area contributed by atoms with Crippen LogP contribution in [0.2, 0.25) is 0 Å². The molecule has 4 heteroatoms. The molecule has 4 nitrogen and oxygen atoms in total. The fourth-order valence-corrected chi connectivity index (χ4v) is 3.00. The molecular weight excluding hydrogens is 300 g/mol. The number of rotatable bonds is 2. The van der Waals surface area contributed by atoms with E-state index in [-0.39, 0.29) is 11.5 Å². The highest BCUT2D eigenvalue weighted by Crippen LogP contribution is 2.28. The van der Waals surface area contributed by atoms with E-state index in [1.54, 1.807) is 53.1 Å². The first-order valence-electron chi connectivity index (χ1n) is 7.45. The van der Waals surface area contributed by atoms with E-state index in [2.05, 4.69) is 6.07 Å². The molecule has 0 saturated heterocycles. The second kappa shape index (κ2) is 5.25. The monoisotopic (exact) mass is 312 g/mol. The third-order valence-electron chi connectivity index (χ3n) is 4.06. The fraction of sp³-hybridized carbons (Fsp3) is 0. The average Bonchev–Trinajstić information content (AvgIpc) is 3.01. The molecule has 2 aromatic heterocycles. The molecule has 2 heterocycles. The van der Waals surface area contributed by atoms with Gasteiger partial charge in [0.05, 0.1) is 23.3 Å². The number of aromatic nitrogens is 1. The molecule has 0 unspecified atom stereocenters. The normalized spacial score (nSPS) is 10.8. The van der Waals surface area contributed by atoms with Gasteiger partial charge in [-0.2, -0.15) is 5.26 Å². The first kappa shape index (κ1) is 14.0. The second-order valence-electron chi connectivity index (χ2n) is 5.60. The van der Waals surface area contributed by atoms with Crippen molar-refractivity contribution in [3.8, 4) is 11.8 Å². The van der Waals surface area contributed by atoms with E-state index < -0.39 is 0 Å². The van der Waals surface area contributed by atoms with Crippen molar-refractivity contribution in [1.29, 1.82) is 5.26 Å². The van der Waals surface area contributed by atoms with Crippen molar-refractivity contribution in [3.63, 3.8) is 0 Å². The predicted octanol–water partition coefficient (Wildman–Crippen LogP) is 3.90. The Labute approximate surface area is 137 Å². The van der Waals surface area contributed by atoms with Gasteiger partial charge in [0.2, 0.25) is 0 Å². The third kappa shape index (κ3) is 2.11. The van der Waals surface area contributed by atoms with E-state index >= 15 is 0 Å². The number of pyridine rings is 1. The van der Waals surface area contributed by atoms with E-state index in [9.17, 15) is 15.2 Å². The van der Waals surface area contributed by atoms with Crippen molar-refractivity contribution in [2.75, 3.05) is 0 Å². The summed E-state index contributed by atoms with van der Waals surface area (Å²) in [4.78, 5) is 13.0. The Kier molecular flexibility index (Phi) is 3.07. The summed E-state index contributed by atoms with van der Waals surface area (Å²) in [5.41, 5.74) is 2.89. The van der Waals surface area contributed by atoms with Crippen LogP contribution in [0.4, 0.5) is 0 Å². The van der Waals surface area contributed by atoms with Gasteiger partial charge in [0, 0.05) is 28.1 Å². The molecule has 24 heavy (non-hydrogen) atoms. The van der Waals surface area contributed by atoms with Gasteiger partial charge in [0.15, 0.2) is 5.78 Å². The summed E-state index contributed by atoms with van der Waals surface area (Å²) < 4.78 is 1.78. The number of benzene rings is 2. The predicted molar refractivity (Wildman–Crippen MR) is 91.2 cm³/mol. The van der Waals surface area contributed by atoms with Gasteiger partial charge in [-0.05, 0) is 18.2 Å². The number of nitriles is 1. The van der Waals surface area contributed by atoms with Crippen LogP contribution in [-0.2, 0) is 0 Å². The molecule has 1 N–H and O–H groups in total. The van der Waals surface area contributed by atoms with Crippen LogP contribution in [-0.4, -0.2) is 15.3 Å². The van der Waals surface area contributed by atoms with Gasteiger partial charge in [-0.15, -0.1) is 0 Å². The van der Waals surface area contributed by atoms with Crippen LogP contribution in [0.25, 0.3) is 16.4 Å². The molecule has 2 aromatic carbocycles. The van der Waals surface area contributed by atoms with Crippen molar-refractivity contribution in [1.82, 2.24) is 4.40 Å². The molecule has 0 bridgehead atoms. The maximum atomic E-state index is 13.0. The van der Waals surface area contributed by atoms with E-state index in [0.29, 0.717) is 22.2 Å². The van der Waals surface area contributed by atoms with Crippen LogP contribution in [0.1, 0.15) is 21.5 Å². The number of nitrogens with zero attached hydrogens (tertiary/aromatic N) is 2. The highest BCUT2D eigenvalue weighted by atomic mass is 16.3. The lowest BCUT2D eigenvalue weighted by atomic mass is 9.98. The summed E-state index contributed by atoms with van der Waals surface area (Å²) >= 11 is 0. The molecule has 0 radical (unpaired) electrons. The Balaban J connectivity index is 2.10. The topological polar surface area (TPSA) is 65.5 Å². The average molecular weight is 312 g/mol. The Morgan fingerprint density at radius 2 is 1.83 bits per heavy atom. The van der Waals surface area contributed by atoms with Crippen molar-refractivity contribution in [3.05, 3.63) is 83.6 Å². The molecule has 0 fully saturated rings. The molecule has 0 aliphatic carbocycles. The van der Waals surface area contributed by atoms with Crippen molar-refractivity contribution in [2.45, 2.75) is 0 Å². The summed E-state index contributed by atoms with van der Waals surface area (Å²) in [6.07, 6.45) is 1.57. The van der Waals surface area contributed by atoms with Gasteiger partial charge in [-0.1, -0.05) is 36.4 Å². The SMILES string of the molecule is N#Cc1cc(C(=O)c2ccccc2)c2c(ccc3cc(O)cn32)c1. The first-order valence-corrected chi connectivity index (χ1v) is 7.45. The van der Waals surface area contributed by atoms with Gasteiger partial charge in [-0.25, -0.2) is 0 Å². The second-order valence-corrected chi connectivity index (χ2v) is 5.60. The Bertz CT molecular complexity index is 1140. The molecule has 114 valence electrons. The van der Waals surface area contributed by atoms with Crippen LogP contribution in [0.5, 0.6) is 5.75 Å². The summed E-state index contributed by atoms with van der Waals surface area (Å²) in [6.45, 7) is 0. The number of carbonyl (C=O) groups excluding carboxylic acids is 1. The van der Waals surface area contributed by atoms with Crippen LogP contribution < -0.4 is 0 Å². The van der Waals surface area contributed by atoms with E-state index in [4.69, 9.17) is 0 Å². The molecule has 0 amide bonds. The molecule has 0 aliphatic rings. The maximum absolute atomic E-state index is 13.0. The maximum Gasteiger partial charge on any atom is 0.195 e. The molecular formula is C20H12N2O2. The Hall–Kier alpha value is -3.58. The summed E-state index contributed by atoms with van der Waals surface area (Å²) in [6, 6.07) is 19.8. The number of fused-ring (bicyclic) bond motifs is 3. The van der Waals surface area contributed by atoms with Gasteiger partial charge in [0.25, 0.3) is 0 Å². The molecule has 0 spiro atoms. The van der Waals surface area contributed by atoms with Crippen LogP contribution in [0.3, 0.4) is 0 Å². The van der Waals surface area contributed by atoms with E-state index in [1.807, 2.05) is 18.2 Å². The van der Waals surface area contributed by atoms with E-state index in [1.165, 1.54) is 0 Å². The van der Waals surface area contributed by atoms with Gasteiger partial charge < -0.3 is 9.51 Å². The minimum absolute atomic E-state index is 0.130. The minimum atomic E-state index is -0.154. The summed E-state index contributed by atoms with van der Waals surface area (Å²) in [7, 11) is 0. The Morgan fingerprint density at radius 3 is 2.58 bits per heavy atom. The third-order valence-corrected chi connectivity index (χ3v) is 4.06. The lowest BCUT2D eigenvalue weighted by molar-refractivity contribution is 0.104. The number of aromatic hydroxyl groups is 1. The zero-order chi connectivity index (χ0) is 16.7. The number of hydrogen-bond donors (Lipinski definition) is 1. The molecule has 0 aliphatic heterocycles. The molecule has 4 aromatic rings. The van der Waals surface area contributed by atoms with Crippen LogP contribution in [0.15, 0.2) is 66.9 Å². The quantitative estimate of drug-likeness (QED) is 0.571. The first-order chi connectivity index (χ1) is 11.7. The zero-order valence-electron chi connectivity index (χ0n) is 12.6. The smallest absolute Gasteiger partial charge is 0.195 e. The lowest BCUT2D eigenvalue weighted by Gasteiger charge is -2.10. The fourth-order valence-electron chi connectivity index (χ4n) is 3.00. The van der Waals surface area contributed by atoms with Crippen molar-refractivity contribution in [2.24, 2.45) is 0 Å². The number of ketones is 1. The highest BCUT2D eigenvalue weighted by molar-refractivity contribution is 6.16. The van der Waals surface area contributed by atoms with Crippen LogP contribution >= 0.6 is 0 Å². The molecule has 0 saturated carbocycles. The molecule has 4 rings (SSSR count). The highest BCUT2D eigenvalue weighted by Gasteiger charge is 2.16. The number of hydrogen-bond acceptors (Lipinski definition) is 3. The van der Waals surface area contributed by atoms with E-state index in [0.717, 1.165) is 10.9 Å². The summed E-state index contributed by atoms with van der Waals surface area (Å²) in [5, 5.41) is 19.9. The van der Waals surface area contributed by atoms with Crippen molar-refractivity contribution >= 4 is 22.2 Å². The minimum Gasteiger partial charge on any atom is -0.506 e. The Morgan fingerprint density at radius 1 is 1.04 bits per heavy atom. The van der Waals surface area contributed by atoms with Gasteiger partial charge >= 0.3 is 0 Å². The number of carbonyl (C=O) groups is 1. The summed E-state index contributed by atoms with van der Waals surface area (Å²) in [5.74, 6) is -0.0247. The van der Waals surface area contributed by atoms with Crippen molar-refractivity contribution < 1.29 is 9.90 Å². The standard InChI is InChI=1S/C20H12N2O2/c21-11-13-8-15-6-7-16-10-17(23)12-22(16)19(15)18(9-13)20(24)14-4-2-1-3-5-14/h1-10,12,23H. The molecule has 0 atom stereocenters. The van der Waals surface area contributed by atoms with Gasteiger partial charge in [0.1, 0.15) is 5.75 Å². The largest absolute Gasteiger partial charge is 0.506 e. The van der Waals surface area contributed by atoms with Gasteiger partial charge in [-0.3, -0.25) is 4.79 Å². The lowest BCUT2D eigenvalue weighted by Crippen LogP contribution is -2.05.